The van der Waals surface area contributed by atoms with E-state index in [0.29, 0.717) is 6.42 Å². The molecule has 0 saturated heterocycles. The Bertz CT molecular complexity index is 493. The average molecular weight is 388 g/mol. The third-order valence-corrected chi connectivity index (χ3v) is 5.63. The van der Waals surface area contributed by atoms with E-state index in [1.165, 1.54) is 0 Å². The monoisotopic (exact) mass is 387 g/mol. The number of ether oxygens (including phenoxy) is 2. The van der Waals surface area contributed by atoms with E-state index in [1.54, 1.807) is 0 Å². The van der Waals surface area contributed by atoms with Crippen molar-refractivity contribution in [1.29, 1.82) is 0 Å². The minimum Gasteiger partial charge on any atom is -0.444 e. The standard InChI is InChI=1S/C19H37NO5Si/c1-17(2,3)24-16(22)20-13-9-10-15(23-14(13)11-12-21)19(7,8)25-26-18(4,5)6/h9-10,13-15,21H,11-12,26H2,1-8H3,(H,20,22)/t13-,14-,15+/m1/s1. The van der Waals surface area contributed by atoms with Crippen LogP contribution in [0.15, 0.2) is 12.2 Å². The maximum Gasteiger partial charge on any atom is 0.408 e. The van der Waals surface area contributed by atoms with E-state index >= 15 is 0 Å². The Morgan fingerprint density at radius 1 is 1.15 bits per heavy atom. The molecule has 1 amide bonds. The Morgan fingerprint density at radius 2 is 1.77 bits per heavy atom. The summed E-state index contributed by atoms with van der Waals surface area (Å²) in [6.07, 6.45) is 3.23. The number of rotatable bonds is 6. The van der Waals surface area contributed by atoms with Crippen LogP contribution in [-0.4, -0.2) is 57.0 Å². The number of alkyl carbamates (subject to hydrolysis) is 1. The van der Waals surface area contributed by atoms with Crippen molar-refractivity contribution in [3.05, 3.63) is 12.2 Å². The van der Waals surface area contributed by atoms with Gasteiger partial charge in [0, 0.05) is 6.61 Å². The summed E-state index contributed by atoms with van der Waals surface area (Å²) in [7, 11) is -0.732. The molecule has 0 spiro atoms. The van der Waals surface area contributed by atoms with Crippen molar-refractivity contribution in [2.75, 3.05) is 6.61 Å². The molecular formula is C19H37NO5Si. The zero-order valence-corrected chi connectivity index (χ0v) is 19.0. The number of hydrogen-bond acceptors (Lipinski definition) is 5. The van der Waals surface area contributed by atoms with Gasteiger partial charge in [-0.2, -0.15) is 0 Å². The fraction of sp³-hybridized carbons (Fsp3) is 0.842. The molecule has 7 heteroatoms. The van der Waals surface area contributed by atoms with Crippen LogP contribution >= 0.6 is 0 Å². The van der Waals surface area contributed by atoms with Gasteiger partial charge in [-0.3, -0.25) is 0 Å². The Hall–Kier alpha value is -0.893. The molecule has 0 aliphatic carbocycles. The largest absolute Gasteiger partial charge is 0.444 e. The van der Waals surface area contributed by atoms with E-state index in [2.05, 4.69) is 26.1 Å². The van der Waals surface area contributed by atoms with Crippen molar-refractivity contribution in [3.63, 3.8) is 0 Å². The molecule has 0 saturated carbocycles. The topological polar surface area (TPSA) is 77.0 Å². The molecule has 1 aliphatic heterocycles. The van der Waals surface area contributed by atoms with Crippen molar-refractivity contribution in [2.24, 2.45) is 0 Å². The van der Waals surface area contributed by atoms with Crippen molar-refractivity contribution in [3.8, 4) is 0 Å². The number of hydrogen-bond donors (Lipinski definition) is 2. The molecule has 0 radical (unpaired) electrons. The summed E-state index contributed by atoms with van der Waals surface area (Å²) >= 11 is 0. The highest BCUT2D eigenvalue weighted by Gasteiger charge is 2.37. The first-order chi connectivity index (χ1) is 11.7. The quantitative estimate of drug-likeness (QED) is 0.541. The maximum absolute atomic E-state index is 12.1. The van der Waals surface area contributed by atoms with Gasteiger partial charge in [-0.25, -0.2) is 4.79 Å². The first-order valence-electron chi connectivity index (χ1n) is 9.32. The molecule has 1 aliphatic rings. The third-order valence-electron chi connectivity index (χ3n) is 3.87. The average Bonchev–Trinajstić information content (AvgIpc) is 2.44. The number of carbonyl (C=O) groups excluding carboxylic acids is 1. The minimum absolute atomic E-state index is 0.0181. The van der Waals surface area contributed by atoms with Crippen molar-refractivity contribution < 1.29 is 23.8 Å². The van der Waals surface area contributed by atoms with E-state index < -0.39 is 27.1 Å². The Morgan fingerprint density at radius 3 is 2.27 bits per heavy atom. The number of carbonyl (C=O) groups is 1. The van der Waals surface area contributed by atoms with Crippen molar-refractivity contribution >= 4 is 15.9 Å². The number of amides is 1. The summed E-state index contributed by atoms with van der Waals surface area (Å²) in [5, 5.41) is 12.4. The summed E-state index contributed by atoms with van der Waals surface area (Å²) in [4.78, 5) is 12.1. The second-order valence-electron chi connectivity index (χ2n) is 9.62. The van der Waals surface area contributed by atoms with Gasteiger partial charge in [-0.1, -0.05) is 32.9 Å². The van der Waals surface area contributed by atoms with Gasteiger partial charge in [-0.05, 0) is 46.1 Å². The summed E-state index contributed by atoms with van der Waals surface area (Å²) < 4.78 is 17.7. The third kappa shape index (κ3) is 8.20. The number of nitrogens with one attached hydrogen (secondary N) is 1. The lowest BCUT2D eigenvalue weighted by atomic mass is 9.95. The van der Waals surface area contributed by atoms with Crippen LogP contribution in [0.5, 0.6) is 0 Å². The molecule has 2 N–H and O–H groups in total. The summed E-state index contributed by atoms with van der Waals surface area (Å²) in [5.41, 5.74) is -1.02. The normalized spacial score (nSPS) is 24.9. The van der Waals surface area contributed by atoms with Crippen molar-refractivity contribution in [1.82, 2.24) is 5.32 Å². The molecule has 1 rings (SSSR count). The first kappa shape index (κ1) is 23.1. The predicted molar refractivity (Wildman–Crippen MR) is 106 cm³/mol. The maximum atomic E-state index is 12.1. The van der Waals surface area contributed by atoms with Crippen LogP contribution in [0.2, 0.25) is 5.04 Å². The van der Waals surface area contributed by atoms with E-state index in [1.807, 2.05) is 46.8 Å². The molecule has 0 aromatic carbocycles. The van der Waals surface area contributed by atoms with Crippen LogP contribution in [0.3, 0.4) is 0 Å². The van der Waals surface area contributed by atoms with Crippen LogP contribution in [0, 0.1) is 0 Å². The molecule has 0 aromatic heterocycles. The zero-order chi connectivity index (χ0) is 20.2. The summed E-state index contributed by atoms with van der Waals surface area (Å²) in [6.45, 7) is 16.0. The van der Waals surface area contributed by atoms with Crippen LogP contribution in [0.25, 0.3) is 0 Å². The van der Waals surface area contributed by atoms with Crippen LogP contribution in [0.1, 0.15) is 61.8 Å². The second kappa shape index (κ2) is 8.86. The van der Waals surface area contributed by atoms with Crippen LogP contribution in [-0.2, 0) is 13.9 Å². The Labute approximate surface area is 160 Å². The fourth-order valence-electron chi connectivity index (χ4n) is 2.50. The molecular weight excluding hydrogens is 350 g/mol. The lowest BCUT2D eigenvalue weighted by Gasteiger charge is -2.41. The van der Waals surface area contributed by atoms with Gasteiger partial charge in [0.25, 0.3) is 0 Å². The lowest BCUT2D eigenvalue weighted by molar-refractivity contribution is -0.100. The fourth-order valence-corrected chi connectivity index (χ4v) is 3.47. The molecule has 1 heterocycles. The molecule has 0 fully saturated rings. The smallest absolute Gasteiger partial charge is 0.408 e. The Kier molecular flexibility index (Phi) is 7.89. The number of aliphatic hydroxyl groups excluding tert-OH is 1. The summed E-state index contributed by atoms with van der Waals surface area (Å²) in [5.74, 6) is 0. The van der Waals surface area contributed by atoms with Crippen LogP contribution < -0.4 is 5.32 Å². The van der Waals surface area contributed by atoms with Gasteiger partial charge >= 0.3 is 6.09 Å². The van der Waals surface area contributed by atoms with Gasteiger partial charge in [-0.15, -0.1) is 0 Å². The molecule has 6 nitrogen and oxygen atoms in total. The van der Waals surface area contributed by atoms with Gasteiger partial charge in [0.2, 0.25) is 0 Å². The van der Waals surface area contributed by atoms with Gasteiger partial charge < -0.3 is 24.3 Å². The van der Waals surface area contributed by atoms with Gasteiger partial charge in [0.1, 0.15) is 11.7 Å². The molecule has 3 atom stereocenters. The van der Waals surface area contributed by atoms with Gasteiger partial charge in [0.15, 0.2) is 9.76 Å². The highest BCUT2D eigenvalue weighted by molar-refractivity contribution is 6.31. The van der Waals surface area contributed by atoms with Crippen molar-refractivity contribution in [2.45, 2.75) is 96.3 Å². The molecule has 0 aromatic rings. The second-order valence-corrected chi connectivity index (χ2v) is 12.3. The van der Waals surface area contributed by atoms with E-state index in [0.717, 1.165) is 0 Å². The summed E-state index contributed by atoms with van der Waals surface area (Å²) in [6, 6.07) is -0.344. The molecule has 26 heavy (non-hydrogen) atoms. The molecule has 152 valence electrons. The number of aliphatic hydroxyl groups is 1. The highest BCUT2D eigenvalue weighted by Crippen LogP contribution is 2.29. The predicted octanol–water partition coefficient (Wildman–Crippen LogP) is 2.68. The lowest BCUT2D eigenvalue weighted by Crippen LogP contribution is -2.53. The first-order valence-corrected chi connectivity index (χ1v) is 10.6. The van der Waals surface area contributed by atoms with E-state index in [-0.39, 0.29) is 29.9 Å². The van der Waals surface area contributed by atoms with Crippen LogP contribution in [0.4, 0.5) is 4.79 Å². The molecule has 0 bridgehead atoms. The minimum atomic E-state index is -0.732. The zero-order valence-electron chi connectivity index (χ0n) is 17.6. The molecule has 0 unspecified atom stereocenters. The SMILES string of the molecule is CC(C)(C)OC(=O)N[C@@H]1C=C[C@@H](C(C)(C)O[SiH2]C(C)(C)C)O[C@@H]1CCO. The Balaban J connectivity index is 2.80. The van der Waals surface area contributed by atoms with E-state index in [4.69, 9.17) is 13.9 Å². The van der Waals surface area contributed by atoms with Gasteiger partial charge in [0.05, 0.1) is 17.7 Å². The highest BCUT2D eigenvalue weighted by atomic mass is 28.2. The van der Waals surface area contributed by atoms with E-state index in [9.17, 15) is 9.90 Å².